The minimum atomic E-state index is -0.661. The lowest BCUT2D eigenvalue weighted by Crippen LogP contribution is -2.39. The third-order valence-electron chi connectivity index (χ3n) is 5.50. The zero-order chi connectivity index (χ0) is 25.1. The van der Waals surface area contributed by atoms with Gasteiger partial charge in [0.1, 0.15) is 11.5 Å². The van der Waals surface area contributed by atoms with E-state index < -0.39 is 12.0 Å². The predicted octanol–water partition coefficient (Wildman–Crippen LogP) is 3.97. The van der Waals surface area contributed by atoms with Crippen LogP contribution >= 0.6 is 27.3 Å². The Labute approximate surface area is 215 Å². The summed E-state index contributed by atoms with van der Waals surface area (Å²) in [7, 11) is 1.60. The first-order valence-corrected chi connectivity index (χ1v) is 12.7. The molecule has 7 nitrogen and oxygen atoms in total. The molecule has 0 spiro atoms. The van der Waals surface area contributed by atoms with E-state index in [-0.39, 0.29) is 12.2 Å². The van der Waals surface area contributed by atoms with Crippen LogP contribution in [-0.2, 0) is 9.53 Å². The third kappa shape index (κ3) is 4.97. The van der Waals surface area contributed by atoms with Gasteiger partial charge in [-0.3, -0.25) is 9.36 Å². The van der Waals surface area contributed by atoms with Crippen molar-refractivity contribution in [3.8, 4) is 11.5 Å². The highest BCUT2D eigenvalue weighted by molar-refractivity contribution is 9.10. The van der Waals surface area contributed by atoms with Crippen LogP contribution < -0.4 is 24.4 Å². The summed E-state index contributed by atoms with van der Waals surface area (Å²) in [6.45, 7) is 6.21. The summed E-state index contributed by atoms with van der Waals surface area (Å²) in [6.07, 6.45) is 1.81. The highest BCUT2D eigenvalue weighted by Crippen LogP contribution is 2.32. The Hall–Kier alpha value is -3.17. The van der Waals surface area contributed by atoms with Gasteiger partial charge in [-0.1, -0.05) is 29.5 Å². The average Bonchev–Trinajstić information content (AvgIpc) is 3.13. The second kappa shape index (κ2) is 10.6. The summed E-state index contributed by atoms with van der Waals surface area (Å²) < 4.78 is 19.1. The Kier molecular flexibility index (Phi) is 7.57. The van der Waals surface area contributed by atoms with Gasteiger partial charge < -0.3 is 14.2 Å². The van der Waals surface area contributed by atoms with Crippen molar-refractivity contribution in [2.24, 2.45) is 4.99 Å². The topological polar surface area (TPSA) is 79.1 Å². The normalized spacial score (nSPS) is 15.5. The number of methoxy groups -OCH3 is 1. The molecule has 9 heteroatoms. The number of hydrogen-bond donors (Lipinski definition) is 0. The summed E-state index contributed by atoms with van der Waals surface area (Å²) in [5.41, 5.74) is 2.26. The van der Waals surface area contributed by atoms with Crippen molar-refractivity contribution >= 4 is 39.3 Å². The lowest BCUT2D eigenvalue weighted by molar-refractivity contribution is -0.139. The van der Waals surface area contributed by atoms with Crippen molar-refractivity contribution in [2.45, 2.75) is 26.8 Å². The fourth-order valence-electron chi connectivity index (χ4n) is 3.94. The molecule has 35 heavy (non-hydrogen) atoms. The maximum absolute atomic E-state index is 13.7. The van der Waals surface area contributed by atoms with Gasteiger partial charge in [-0.05, 0) is 78.2 Å². The number of aromatic nitrogens is 1. The van der Waals surface area contributed by atoms with Gasteiger partial charge >= 0.3 is 5.97 Å². The number of esters is 1. The van der Waals surface area contributed by atoms with Gasteiger partial charge in [-0.25, -0.2) is 9.79 Å². The third-order valence-corrected chi connectivity index (χ3v) is 7.10. The molecule has 0 saturated carbocycles. The van der Waals surface area contributed by atoms with E-state index in [0.29, 0.717) is 38.7 Å². The highest BCUT2D eigenvalue weighted by Gasteiger charge is 2.33. The van der Waals surface area contributed by atoms with Crippen molar-refractivity contribution in [1.29, 1.82) is 0 Å². The van der Waals surface area contributed by atoms with Gasteiger partial charge in [0, 0.05) is 0 Å². The lowest BCUT2D eigenvalue weighted by Gasteiger charge is -2.24. The van der Waals surface area contributed by atoms with E-state index in [2.05, 4.69) is 20.9 Å². The number of carbonyl (C=O) groups excluding carboxylic acids is 1. The summed E-state index contributed by atoms with van der Waals surface area (Å²) in [5.74, 6) is 0.932. The number of carbonyl (C=O) groups is 1. The molecule has 182 valence electrons. The second-order valence-electron chi connectivity index (χ2n) is 7.70. The molecule has 2 heterocycles. The number of allylic oxidation sites excluding steroid dienone is 1. The molecule has 1 aliphatic rings. The quantitative estimate of drug-likeness (QED) is 0.411. The SMILES string of the molecule is CCOC(=O)C1=C(C)N=c2s/c(=C\c3ccc(OC)c(Br)c3)c(=O)n2[C@H]1c1ccc(OCC)cc1. The van der Waals surface area contributed by atoms with Crippen LogP contribution in [0.3, 0.4) is 0 Å². The van der Waals surface area contributed by atoms with Crippen LogP contribution in [0.5, 0.6) is 11.5 Å². The molecule has 4 rings (SSSR count). The number of fused-ring (bicyclic) bond motifs is 1. The van der Waals surface area contributed by atoms with Gasteiger partial charge in [0.25, 0.3) is 5.56 Å². The van der Waals surface area contributed by atoms with Crippen LogP contribution in [0.4, 0.5) is 0 Å². The first-order chi connectivity index (χ1) is 16.9. The summed E-state index contributed by atoms with van der Waals surface area (Å²) in [4.78, 5) is 31.8. The Balaban J connectivity index is 1.89. The van der Waals surface area contributed by atoms with Gasteiger partial charge in [0.2, 0.25) is 0 Å². The molecule has 1 aliphatic heterocycles. The van der Waals surface area contributed by atoms with Crippen molar-refractivity contribution in [3.05, 3.63) is 89.0 Å². The standard InChI is InChI=1S/C26H25BrN2O5S/c1-5-33-18-10-8-17(9-11-18)23-22(25(31)34-6-2)15(3)28-26-29(23)24(30)21(35-26)14-16-7-12-20(32-4)19(27)13-16/h7-14,23H,5-6H2,1-4H3/b21-14-/t23-/m0/s1. The van der Waals surface area contributed by atoms with Gasteiger partial charge in [0.15, 0.2) is 4.80 Å². The van der Waals surface area contributed by atoms with E-state index >= 15 is 0 Å². The Morgan fingerprint density at radius 1 is 1.17 bits per heavy atom. The van der Waals surface area contributed by atoms with Crippen LogP contribution in [0.2, 0.25) is 0 Å². The first-order valence-electron chi connectivity index (χ1n) is 11.1. The number of halogens is 1. The highest BCUT2D eigenvalue weighted by atomic mass is 79.9. The Bertz CT molecular complexity index is 1470. The van der Waals surface area contributed by atoms with E-state index in [4.69, 9.17) is 14.2 Å². The first kappa shape index (κ1) is 24.9. The smallest absolute Gasteiger partial charge is 0.338 e. The number of thiazole rings is 1. The number of ether oxygens (including phenoxy) is 3. The molecule has 1 aromatic heterocycles. The molecule has 3 aromatic rings. The predicted molar refractivity (Wildman–Crippen MR) is 139 cm³/mol. The molecule has 0 amide bonds. The van der Waals surface area contributed by atoms with Gasteiger partial charge in [0.05, 0.1) is 46.6 Å². The summed E-state index contributed by atoms with van der Waals surface area (Å²) >= 11 is 4.77. The minimum absolute atomic E-state index is 0.225. The fraction of sp³-hybridized carbons (Fsp3) is 0.269. The maximum atomic E-state index is 13.7. The fourth-order valence-corrected chi connectivity index (χ4v) is 5.55. The molecule has 0 unspecified atom stereocenters. The zero-order valence-electron chi connectivity index (χ0n) is 19.8. The number of benzene rings is 2. The molecule has 2 aromatic carbocycles. The number of nitrogens with zero attached hydrogens (tertiary/aromatic N) is 2. The molecule has 0 saturated heterocycles. The largest absolute Gasteiger partial charge is 0.496 e. The van der Waals surface area contributed by atoms with E-state index in [9.17, 15) is 9.59 Å². The number of rotatable bonds is 7. The van der Waals surface area contributed by atoms with Crippen molar-refractivity contribution in [2.75, 3.05) is 20.3 Å². The average molecular weight is 557 g/mol. The van der Waals surface area contributed by atoms with Crippen LogP contribution in [0.1, 0.15) is 37.9 Å². The Morgan fingerprint density at radius 3 is 2.54 bits per heavy atom. The molecule has 0 aliphatic carbocycles. The van der Waals surface area contributed by atoms with E-state index in [1.807, 2.05) is 55.5 Å². The molecule has 0 N–H and O–H groups in total. The lowest BCUT2D eigenvalue weighted by atomic mass is 9.96. The number of hydrogen-bond acceptors (Lipinski definition) is 7. The molecular formula is C26H25BrN2O5S. The van der Waals surface area contributed by atoms with Crippen LogP contribution in [0, 0.1) is 0 Å². The van der Waals surface area contributed by atoms with Crippen molar-refractivity contribution in [1.82, 2.24) is 4.57 Å². The molecule has 0 bridgehead atoms. The van der Waals surface area contributed by atoms with Gasteiger partial charge in [-0.2, -0.15) is 0 Å². The molecule has 0 fully saturated rings. The van der Waals surface area contributed by atoms with E-state index in [1.165, 1.54) is 11.3 Å². The monoisotopic (exact) mass is 556 g/mol. The maximum Gasteiger partial charge on any atom is 0.338 e. The van der Waals surface area contributed by atoms with E-state index in [0.717, 1.165) is 15.6 Å². The Morgan fingerprint density at radius 2 is 1.91 bits per heavy atom. The van der Waals surface area contributed by atoms with E-state index in [1.54, 1.807) is 25.5 Å². The molecule has 1 atom stereocenters. The van der Waals surface area contributed by atoms with Crippen LogP contribution in [0.25, 0.3) is 6.08 Å². The molecular weight excluding hydrogens is 532 g/mol. The van der Waals surface area contributed by atoms with Gasteiger partial charge in [-0.15, -0.1) is 0 Å². The second-order valence-corrected chi connectivity index (χ2v) is 9.56. The molecule has 0 radical (unpaired) electrons. The van der Waals surface area contributed by atoms with Crippen molar-refractivity contribution < 1.29 is 19.0 Å². The minimum Gasteiger partial charge on any atom is -0.496 e. The zero-order valence-corrected chi connectivity index (χ0v) is 22.2. The van der Waals surface area contributed by atoms with Crippen molar-refractivity contribution in [3.63, 3.8) is 0 Å². The summed E-state index contributed by atoms with van der Waals surface area (Å²) in [5, 5.41) is 0. The van der Waals surface area contributed by atoms with Crippen LogP contribution in [-0.4, -0.2) is 30.9 Å². The summed E-state index contributed by atoms with van der Waals surface area (Å²) in [6, 6.07) is 12.3. The van der Waals surface area contributed by atoms with Crippen LogP contribution in [0.15, 0.2) is 68.0 Å².